The predicted octanol–water partition coefficient (Wildman–Crippen LogP) is 9.66. The fraction of sp³-hybridized carbons (Fsp3) is 0.833. The zero-order valence-corrected chi connectivity index (χ0v) is 30.2. The van der Waals surface area contributed by atoms with Crippen molar-refractivity contribution in [3.05, 3.63) is 24.3 Å². The molecule has 0 aliphatic rings. The predicted molar refractivity (Wildman–Crippen MR) is 187 cm³/mol. The second kappa shape index (κ2) is 33.4. The van der Waals surface area contributed by atoms with Gasteiger partial charge < -0.3 is 20.1 Å². The molecule has 0 heterocycles. The molecule has 0 fully saturated rings. The standard InChI is InChI=1S/C36H68NO8P/c1-3-5-7-9-11-13-15-16-17-19-21-23-25-27-29-36(39)45-34(33-44-46(40,41)43-31-30-37)32-42-35(38)28-26-24-22-20-18-14-12-10-8-6-4-2/h10,12,15-16,34H,3-9,11,13-14,17-33,37H2,1-2H3,(H,40,41)/b12-10-,16-15-/t34-/m1/s1. The SMILES string of the molecule is CCCC/C=C\CCCCCCCC(=O)OC[C@H](COP(=O)(O)OCCN)OC(=O)CCCCCCC/C=C\CCCCCCC. The van der Waals surface area contributed by atoms with Gasteiger partial charge in [-0.3, -0.25) is 18.6 Å². The van der Waals surface area contributed by atoms with Crippen LogP contribution in [-0.2, 0) is 32.7 Å². The number of nitrogens with two attached hydrogens (primary N) is 1. The molecular weight excluding hydrogens is 605 g/mol. The third-order valence-corrected chi connectivity index (χ3v) is 8.54. The summed E-state index contributed by atoms with van der Waals surface area (Å²) in [5, 5.41) is 0. The fourth-order valence-electron chi connectivity index (χ4n) is 4.78. The number of unbranched alkanes of at least 4 members (excludes halogenated alkanes) is 17. The second-order valence-electron chi connectivity index (χ2n) is 12.1. The number of carbonyl (C=O) groups is 2. The Hall–Kier alpha value is -1.51. The van der Waals surface area contributed by atoms with Gasteiger partial charge in [0.15, 0.2) is 6.10 Å². The minimum absolute atomic E-state index is 0.0515. The fourth-order valence-corrected chi connectivity index (χ4v) is 5.55. The van der Waals surface area contributed by atoms with E-state index in [0.717, 1.165) is 77.0 Å². The van der Waals surface area contributed by atoms with Crippen molar-refractivity contribution in [2.45, 2.75) is 168 Å². The topological polar surface area (TPSA) is 134 Å². The van der Waals surface area contributed by atoms with Gasteiger partial charge in [0.1, 0.15) is 6.61 Å². The zero-order valence-electron chi connectivity index (χ0n) is 29.3. The first-order valence-electron chi connectivity index (χ1n) is 18.3. The smallest absolute Gasteiger partial charge is 0.462 e. The van der Waals surface area contributed by atoms with Crippen molar-refractivity contribution in [1.29, 1.82) is 0 Å². The molecule has 270 valence electrons. The number of phosphoric ester groups is 1. The molecule has 0 saturated heterocycles. The molecule has 1 unspecified atom stereocenters. The second-order valence-corrected chi connectivity index (χ2v) is 13.5. The summed E-state index contributed by atoms with van der Waals surface area (Å²) in [6.45, 7) is 3.64. The van der Waals surface area contributed by atoms with Gasteiger partial charge in [0, 0.05) is 19.4 Å². The normalized spacial score (nSPS) is 13.7. The largest absolute Gasteiger partial charge is 0.472 e. The van der Waals surface area contributed by atoms with E-state index < -0.39 is 32.5 Å². The van der Waals surface area contributed by atoms with Gasteiger partial charge in [-0.1, -0.05) is 115 Å². The van der Waals surface area contributed by atoms with E-state index in [1.807, 2.05) is 0 Å². The maximum atomic E-state index is 12.5. The van der Waals surface area contributed by atoms with Crippen LogP contribution < -0.4 is 5.73 Å². The van der Waals surface area contributed by atoms with Crippen LogP contribution in [0.3, 0.4) is 0 Å². The average Bonchev–Trinajstić information content (AvgIpc) is 3.04. The Kier molecular flexibility index (Phi) is 32.3. The molecule has 2 atom stereocenters. The van der Waals surface area contributed by atoms with Crippen LogP contribution in [0.4, 0.5) is 0 Å². The quantitative estimate of drug-likeness (QED) is 0.0296. The molecular formula is C36H68NO8P. The lowest BCUT2D eigenvalue weighted by molar-refractivity contribution is -0.161. The van der Waals surface area contributed by atoms with E-state index in [1.165, 1.54) is 51.4 Å². The lowest BCUT2D eigenvalue weighted by atomic mass is 10.1. The van der Waals surface area contributed by atoms with Crippen LogP contribution in [0.2, 0.25) is 0 Å². The highest BCUT2D eigenvalue weighted by Crippen LogP contribution is 2.43. The third-order valence-electron chi connectivity index (χ3n) is 7.56. The van der Waals surface area contributed by atoms with Gasteiger partial charge in [-0.05, 0) is 57.8 Å². The molecule has 9 nitrogen and oxygen atoms in total. The Bertz CT molecular complexity index is 820. The van der Waals surface area contributed by atoms with Gasteiger partial charge in [-0.2, -0.15) is 0 Å². The van der Waals surface area contributed by atoms with Crippen LogP contribution in [0, 0.1) is 0 Å². The molecule has 0 aromatic rings. The summed E-state index contributed by atoms with van der Waals surface area (Å²) in [5.74, 6) is -0.851. The third kappa shape index (κ3) is 32.4. The maximum Gasteiger partial charge on any atom is 0.472 e. The number of allylic oxidation sites excluding steroid dienone is 4. The van der Waals surface area contributed by atoms with Crippen LogP contribution >= 0.6 is 7.82 Å². The van der Waals surface area contributed by atoms with Gasteiger partial charge in [-0.15, -0.1) is 0 Å². The Balaban J connectivity index is 4.27. The molecule has 0 aromatic carbocycles. The van der Waals surface area contributed by atoms with E-state index in [0.29, 0.717) is 6.42 Å². The van der Waals surface area contributed by atoms with Crippen LogP contribution in [0.1, 0.15) is 162 Å². The molecule has 0 bridgehead atoms. The number of ether oxygens (including phenoxy) is 2. The molecule has 0 rings (SSSR count). The molecule has 0 aliphatic heterocycles. The first-order chi connectivity index (χ1) is 22.3. The highest BCUT2D eigenvalue weighted by atomic mass is 31.2. The minimum Gasteiger partial charge on any atom is -0.462 e. The number of hydrogen-bond donors (Lipinski definition) is 2. The zero-order chi connectivity index (χ0) is 34.0. The van der Waals surface area contributed by atoms with Gasteiger partial charge in [0.05, 0.1) is 13.2 Å². The van der Waals surface area contributed by atoms with E-state index in [1.54, 1.807) is 0 Å². The highest BCUT2D eigenvalue weighted by molar-refractivity contribution is 7.47. The maximum absolute atomic E-state index is 12.5. The molecule has 10 heteroatoms. The Morgan fingerprint density at radius 1 is 0.630 bits per heavy atom. The van der Waals surface area contributed by atoms with Crippen molar-refractivity contribution >= 4 is 19.8 Å². The molecule has 0 radical (unpaired) electrons. The summed E-state index contributed by atoms with van der Waals surface area (Å²) in [5.41, 5.74) is 5.32. The molecule has 0 aromatic heterocycles. The summed E-state index contributed by atoms with van der Waals surface area (Å²) in [6.07, 6.45) is 32.1. The van der Waals surface area contributed by atoms with Gasteiger partial charge in [-0.25, -0.2) is 4.57 Å². The van der Waals surface area contributed by atoms with Gasteiger partial charge in [0.2, 0.25) is 0 Å². The summed E-state index contributed by atoms with van der Waals surface area (Å²) in [4.78, 5) is 34.6. The first-order valence-corrected chi connectivity index (χ1v) is 19.8. The molecule has 3 N–H and O–H groups in total. The number of rotatable bonds is 34. The Morgan fingerprint density at radius 3 is 1.61 bits per heavy atom. The summed E-state index contributed by atoms with van der Waals surface area (Å²) < 4.78 is 32.6. The van der Waals surface area contributed by atoms with Crippen molar-refractivity contribution in [2.75, 3.05) is 26.4 Å². The molecule has 46 heavy (non-hydrogen) atoms. The van der Waals surface area contributed by atoms with E-state index in [-0.39, 0.29) is 32.6 Å². The number of esters is 2. The van der Waals surface area contributed by atoms with Gasteiger partial charge in [0.25, 0.3) is 0 Å². The van der Waals surface area contributed by atoms with Crippen molar-refractivity contribution in [1.82, 2.24) is 0 Å². The summed E-state index contributed by atoms with van der Waals surface area (Å²) in [6, 6.07) is 0. The van der Waals surface area contributed by atoms with E-state index >= 15 is 0 Å². The minimum atomic E-state index is -4.37. The lowest BCUT2D eigenvalue weighted by Crippen LogP contribution is -2.29. The van der Waals surface area contributed by atoms with Crippen molar-refractivity contribution in [3.8, 4) is 0 Å². The van der Waals surface area contributed by atoms with E-state index in [2.05, 4.69) is 38.2 Å². The average molecular weight is 674 g/mol. The van der Waals surface area contributed by atoms with Crippen LogP contribution in [0.25, 0.3) is 0 Å². The molecule has 0 saturated carbocycles. The Morgan fingerprint density at radius 2 is 1.09 bits per heavy atom. The van der Waals surface area contributed by atoms with Crippen molar-refractivity contribution in [2.24, 2.45) is 5.73 Å². The van der Waals surface area contributed by atoms with Crippen molar-refractivity contribution in [3.63, 3.8) is 0 Å². The van der Waals surface area contributed by atoms with Crippen LogP contribution in [-0.4, -0.2) is 49.3 Å². The number of hydrogen-bond acceptors (Lipinski definition) is 8. The molecule has 0 amide bonds. The number of phosphoric acid groups is 1. The lowest BCUT2D eigenvalue weighted by Gasteiger charge is -2.19. The van der Waals surface area contributed by atoms with E-state index in [9.17, 15) is 19.0 Å². The molecule has 0 spiro atoms. The molecule has 0 aliphatic carbocycles. The van der Waals surface area contributed by atoms with Crippen LogP contribution in [0.15, 0.2) is 24.3 Å². The van der Waals surface area contributed by atoms with E-state index in [4.69, 9.17) is 24.3 Å². The highest BCUT2D eigenvalue weighted by Gasteiger charge is 2.25. The summed E-state index contributed by atoms with van der Waals surface area (Å²) in [7, 11) is -4.37. The monoisotopic (exact) mass is 673 g/mol. The van der Waals surface area contributed by atoms with Crippen molar-refractivity contribution < 1.29 is 37.6 Å². The summed E-state index contributed by atoms with van der Waals surface area (Å²) >= 11 is 0. The van der Waals surface area contributed by atoms with Gasteiger partial charge >= 0.3 is 19.8 Å². The Labute approximate surface area is 281 Å². The first kappa shape index (κ1) is 44.5. The van der Waals surface area contributed by atoms with Crippen LogP contribution in [0.5, 0.6) is 0 Å². The number of carbonyl (C=O) groups excluding carboxylic acids is 2.